The SMILES string of the molecule is C=Cc1cc[nH]c1CCC. The Kier molecular flexibility index (Phi) is 2.32. The molecule has 1 nitrogen and oxygen atoms in total. The lowest BCUT2D eigenvalue weighted by atomic mass is 10.2. The first-order valence-electron chi connectivity index (χ1n) is 3.67. The Labute approximate surface area is 61.8 Å². The van der Waals surface area contributed by atoms with Crippen LogP contribution in [0.5, 0.6) is 0 Å². The van der Waals surface area contributed by atoms with Gasteiger partial charge >= 0.3 is 0 Å². The molecule has 0 saturated carbocycles. The highest BCUT2D eigenvalue weighted by atomic mass is 14.7. The molecule has 0 spiro atoms. The fraction of sp³-hybridized carbons (Fsp3) is 0.333. The van der Waals surface area contributed by atoms with Crippen LogP contribution in [0.4, 0.5) is 0 Å². The van der Waals surface area contributed by atoms with E-state index in [-0.39, 0.29) is 0 Å². The molecule has 0 unspecified atom stereocenters. The quantitative estimate of drug-likeness (QED) is 0.655. The standard InChI is InChI=1S/C9H13N/c1-3-5-9-8(4-2)6-7-10-9/h4,6-7,10H,2-3,5H2,1H3. The number of nitrogens with one attached hydrogen (secondary N) is 1. The maximum absolute atomic E-state index is 3.73. The van der Waals surface area contributed by atoms with E-state index in [1.165, 1.54) is 17.7 Å². The van der Waals surface area contributed by atoms with Crippen LogP contribution in [0.3, 0.4) is 0 Å². The Balaban J connectivity index is 2.79. The van der Waals surface area contributed by atoms with E-state index in [1.807, 2.05) is 12.3 Å². The molecule has 1 aromatic heterocycles. The summed E-state index contributed by atoms with van der Waals surface area (Å²) in [6, 6.07) is 2.05. The summed E-state index contributed by atoms with van der Waals surface area (Å²) in [5.41, 5.74) is 2.54. The maximum Gasteiger partial charge on any atom is 0.0220 e. The molecule has 0 radical (unpaired) electrons. The molecular weight excluding hydrogens is 122 g/mol. The topological polar surface area (TPSA) is 15.8 Å². The van der Waals surface area contributed by atoms with Crippen molar-refractivity contribution in [2.24, 2.45) is 0 Å². The fourth-order valence-corrected chi connectivity index (χ4v) is 1.07. The zero-order valence-electron chi connectivity index (χ0n) is 6.35. The van der Waals surface area contributed by atoms with Gasteiger partial charge in [-0.05, 0) is 18.1 Å². The Morgan fingerprint density at radius 3 is 3.10 bits per heavy atom. The molecule has 0 fully saturated rings. The van der Waals surface area contributed by atoms with Crippen molar-refractivity contribution in [1.82, 2.24) is 4.98 Å². The van der Waals surface area contributed by atoms with E-state index in [4.69, 9.17) is 0 Å². The van der Waals surface area contributed by atoms with Gasteiger partial charge < -0.3 is 4.98 Å². The van der Waals surface area contributed by atoms with Crippen molar-refractivity contribution in [2.45, 2.75) is 19.8 Å². The van der Waals surface area contributed by atoms with Gasteiger partial charge in [0.1, 0.15) is 0 Å². The molecule has 1 rings (SSSR count). The molecule has 0 amide bonds. The highest BCUT2D eigenvalue weighted by Crippen LogP contribution is 2.09. The molecule has 1 N–H and O–H groups in total. The van der Waals surface area contributed by atoms with Crippen LogP contribution in [0, 0.1) is 0 Å². The summed E-state index contributed by atoms with van der Waals surface area (Å²) >= 11 is 0. The van der Waals surface area contributed by atoms with Gasteiger partial charge in [-0.15, -0.1) is 0 Å². The van der Waals surface area contributed by atoms with Crippen molar-refractivity contribution in [2.75, 3.05) is 0 Å². The van der Waals surface area contributed by atoms with Crippen LogP contribution in [0.25, 0.3) is 6.08 Å². The minimum absolute atomic E-state index is 1.12. The first-order chi connectivity index (χ1) is 4.88. The van der Waals surface area contributed by atoms with Crippen LogP contribution in [0.15, 0.2) is 18.8 Å². The zero-order chi connectivity index (χ0) is 7.40. The predicted molar refractivity (Wildman–Crippen MR) is 44.9 cm³/mol. The smallest absolute Gasteiger partial charge is 0.0220 e. The molecule has 0 aliphatic heterocycles. The highest BCUT2D eigenvalue weighted by molar-refractivity contribution is 5.49. The lowest BCUT2D eigenvalue weighted by Gasteiger charge is -1.94. The number of hydrogen-bond donors (Lipinski definition) is 1. The molecule has 0 saturated heterocycles. The summed E-state index contributed by atoms with van der Waals surface area (Å²) in [6.07, 6.45) is 6.15. The van der Waals surface area contributed by atoms with Crippen LogP contribution in [0.2, 0.25) is 0 Å². The van der Waals surface area contributed by atoms with Crippen molar-refractivity contribution < 1.29 is 0 Å². The third-order valence-corrected chi connectivity index (χ3v) is 1.59. The normalized spacial score (nSPS) is 9.70. The summed E-state index contributed by atoms with van der Waals surface area (Å²) in [5.74, 6) is 0. The van der Waals surface area contributed by atoms with Gasteiger partial charge in [-0.3, -0.25) is 0 Å². The summed E-state index contributed by atoms with van der Waals surface area (Å²) in [6.45, 7) is 5.90. The molecule has 0 aromatic carbocycles. The molecule has 54 valence electrons. The summed E-state index contributed by atoms with van der Waals surface area (Å²) < 4.78 is 0. The van der Waals surface area contributed by atoms with E-state index >= 15 is 0 Å². The number of hydrogen-bond acceptors (Lipinski definition) is 0. The molecular formula is C9H13N. The Morgan fingerprint density at radius 2 is 2.50 bits per heavy atom. The van der Waals surface area contributed by atoms with E-state index in [0.717, 1.165) is 6.42 Å². The van der Waals surface area contributed by atoms with Crippen molar-refractivity contribution >= 4 is 6.08 Å². The van der Waals surface area contributed by atoms with Gasteiger partial charge in [0.15, 0.2) is 0 Å². The minimum atomic E-state index is 1.12. The number of H-pyrrole nitrogens is 1. The molecule has 0 bridgehead atoms. The van der Waals surface area contributed by atoms with Gasteiger partial charge in [0.05, 0.1) is 0 Å². The van der Waals surface area contributed by atoms with Crippen molar-refractivity contribution in [1.29, 1.82) is 0 Å². The Bertz CT molecular complexity index is 210. The molecule has 1 heteroatoms. The second-order valence-corrected chi connectivity index (χ2v) is 2.37. The van der Waals surface area contributed by atoms with Crippen LogP contribution in [-0.2, 0) is 6.42 Å². The molecule has 10 heavy (non-hydrogen) atoms. The molecule has 1 heterocycles. The lowest BCUT2D eigenvalue weighted by molar-refractivity contribution is 0.890. The van der Waals surface area contributed by atoms with Gasteiger partial charge in [0.25, 0.3) is 0 Å². The summed E-state index contributed by atoms with van der Waals surface area (Å²) in [5, 5.41) is 0. The van der Waals surface area contributed by atoms with Gasteiger partial charge in [0.2, 0.25) is 0 Å². The summed E-state index contributed by atoms with van der Waals surface area (Å²) in [7, 11) is 0. The van der Waals surface area contributed by atoms with Crippen molar-refractivity contribution in [3.8, 4) is 0 Å². The van der Waals surface area contributed by atoms with Gasteiger partial charge in [-0.1, -0.05) is 26.0 Å². The van der Waals surface area contributed by atoms with Gasteiger partial charge in [-0.25, -0.2) is 0 Å². The average Bonchev–Trinajstić information content (AvgIpc) is 2.36. The second-order valence-electron chi connectivity index (χ2n) is 2.37. The van der Waals surface area contributed by atoms with Crippen molar-refractivity contribution in [3.05, 3.63) is 30.1 Å². The monoisotopic (exact) mass is 135 g/mol. The maximum atomic E-state index is 3.73. The minimum Gasteiger partial charge on any atom is -0.364 e. The first-order valence-corrected chi connectivity index (χ1v) is 3.67. The molecule has 0 aliphatic carbocycles. The third-order valence-electron chi connectivity index (χ3n) is 1.59. The molecule has 0 aliphatic rings. The van der Waals surface area contributed by atoms with E-state index in [9.17, 15) is 0 Å². The largest absolute Gasteiger partial charge is 0.364 e. The zero-order valence-corrected chi connectivity index (χ0v) is 6.35. The van der Waals surface area contributed by atoms with E-state index in [0.29, 0.717) is 0 Å². The highest BCUT2D eigenvalue weighted by Gasteiger charge is 1.96. The number of aryl methyl sites for hydroxylation is 1. The third kappa shape index (κ3) is 1.29. The number of aromatic nitrogens is 1. The van der Waals surface area contributed by atoms with Crippen LogP contribution in [0.1, 0.15) is 24.6 Å². The second kappa shape index (κ2) is 3.25. The fourth-order valence-electron chi connectivity index (χ4n) is 1.07. The van der Waals surface area contributed by atoms with Gasteiger partial charge in [-0.2, -0.15) is 0 Å². The Hall–Kier alpha value is -0.980. The van der Waals surface area contributed by atoms with Crippen LogP contribution >= 0.6 is 0 Å². The predicted octanol–water partition coefficient (Wildman–Crippen LogP) is 2.61. The van der Waals surface area contributed by atoms with E-state index in [2.05, 4.69) is 24.6 Å². The van der Waals surface area contributed by atoms with Crippen molar-refractivity contribution in [3.63, 3.8) is 0 Å². The Morgan fingerprint density at radius 1 is 1.70 bits per heavy atom. The number of aromatic amines is 1. The lowest BCUT2D eigenvalue weighted by Crippen LogP contribution is -1.84. The van der Waals surface area contributed by atoms with Crippen LogP contribution < -0.4 is 0 Å². The summed E-state index contributed by atoms with van der Waals surface area (Å²) in [4.78, 5) is 3.19. The van der Waals surface area contributed by atoms with E-state index in [1.54, 1.807) is 0 Å². The molecule has 1 aromatic rings. The first kappa shape index (κ1) is 7.13. The van der Waals surface area contributed by atoms with Crippen LogP contribution in [-0.4, -0.2) is 4.98 Å². The number of rotatable bonds is 3. The van der Waals surface area contributed by atoms with E-state index < -0.39 is 0 Å². The van der Waals surface area contributed by atoms with Gasteiger partial charge in [0, 0.05) is 11.9 Å². The average molecular weight is 135 g/mol. The molecule has 0 atom stereocenters.